The van der Waals surface area contributed by atoms with Crippen molar-refractivity contribution in [3.05, 3.63) is 72.8 Å². The van der Waals surface area contributed by atoms with Crippen LogP contribution in [0.5, 0.6) is 11.5 Å². The molecule has 0 spiro atoms. The van der Waals surface area contributed by atoms with E-state index in [1.54, 1.807) is 4.68 Å². The molecule has 0 bridgehead atoms. The number of aliphatic hydroxyl groups is 1. The van der Waals surface area contributed by atoms with Crippen molar-refractivity contribution in [1.29, 1.82) is 0 Å². The fourth-order valence-corrected chi connectivity index (χ4v) is 4.11. The van der Waals surface area contributed by atoms with Gasteiger partial charge in [-0.3, -0.25) is 14.4 Å². The van der Waals surface area contributed by atoms with Gasteiger partial charge < -0.3 is 21.3 Å². The number of benzene rings is 2. The van der Waals surface area contributed by atoms with Crippen LogP contribution in [-0.2, 0) is 0 Å². The molecule has 8 heteroatoms. The van der Waals surface area contributed by atoms with Crippen LogP contribution in [-0.4, -0.2) is 45.0 Å². The van der Waals surface area contributed by atoms with E-state index in [4.69, 9.17) is 16.2 Å². The molecule has 0 radical (unpaired) electrons. The number of aliphatic hydroxyl groups excluding tert-OH is 1. The Morgan fingerprint density at radius 2 is 1.88 bits per heavy atom. The summed E-state index contributed by atoms with van der Waals surface area (Å²) in [6, 6.07) is 16.8. The normalized spacial score (nSPS) is 17.6. The molecule has 2 heterocycles. The average Bonchev–Trinajstić information content (AvgIpc) is 3.17. The molecule has 32 heavy (non-hydrogen) atoms. The van der Waals surface area contributed by atoms with Crippen LogP contribution in [0.1, 0.15) is 29.2 Å². The smallest absolute Gasteiger partial charge is 0.254 e. The molecule has 1 aromatic heterocycles. The molecule has 1 amide bonds. The van der Waals surface area contributed by atoms with E-state index >= 15 is 0 Å². The number of aromatic nitrogens is 2. The number of primary amides is 1. The van der Waals surface area contributed by atoms with Crippen molar-refractivity contribution < 1.29 is 14.6 Å². The second kappa shape index (κ2) is 9.25. The van der Waals surface area contributed by atoms with Gasteiger partial charge in [0.05, 0.1) is 11.7 Å². The number of piperidine rings is 1. The number of nitrogen functional groups attached to an aromatic ring is 1. The fraction of sp³-hybridized carbons (Fsp3) is 0.250. The second-order valence-corrected chi connectivity index (χ2v) is 7.80. The van der Waals surface area contributed by atoms with E-state index in [9.17, 15) is 9.90 Å². The maximum atomic E-state index is 12.2. The largest absolute Gasteiger partial charge is 0.457 e. The third kappa shape index (κ3) is 4.37. The van der Waals surface area contributed by atoms with Gasteiger partial charge in [-0.05, 0) is 55.3 Å². The van der Waals surface area contributed by atoms with Crippen LogP contribution < -0.4 is 16.2 Å². The summed E-state index contributed by atoms with van der Waals surface area (Å²) in [5.41, 5.74) is 13.3. The van der Waals surface area contributed by atoms with Gasteiger partial charge >= 0.3 is 0 Å². The molecule has 1 fully saturated rings. The van der Waals surface area contributed by atoms with Crippen molar-refractivity contribution in [2.75, 3.05) is 18.8 Å². The van der Waals surface area contributed by atoms with Crippen molar-refractivity contribution >= 4 is 11.7 Å². The van der Waals surface area contributed by atoms with Gasteiger partial charge in [-0.1, -0.05) is 24.8 Å². The Bertz CT molecular complexity index is 1090. The lowest BCUT2D eigenvalue weighted by molar-refractivity contribution is 0.0123. The number of carbonyl (C=O) groups is 1. The molecule has 4 rings (SSSR count). The van der Waals surface area contributed by atoms with Crippen LogP contribution in [0.3, 0.4) is 0 Å². The molecule has 2 atom stereocenters. The summed E-state index contributed by atoms with van der Waals surface area (Å²) in [4.78, 5) is 14.2. The Balaban J connectivity index is 1.68. The van der Waals surface area contributed by atoms with Gasteiger partial charge in [-0.2, -0.15) is 5.10 Å². The molecule has 0 aliphatic carbocycles. The van der Waals surface area contributed by atoms with Gasteiger partial charge in [0.25, 0.3) is 5.91 Å². The number of hydrogen-bond donors (Lipinski definition) is 3. The summed E-state index contributed by atoms with van der Waals surface area (Å²) < 4.78 is 7.64. The summed E-state index contributed by atoms with van der Waals surface area (Å²) in [5.74, 6) is 0.860. The van der Waals surface area contributed by atoms with E-state index in [0.29, 0.717) is 18.0 Å². The molecule has 166 valence electrons. The molecule has 5 N–H and O–H groups in total. The summed E-state index contributed by atoms with van der Waals surface area (Å²) in [6.07, 6.45) is 2.46. The SMILES string of the molecule is C=CC(O)N1CCC[C@@H](n2nc(N)c(C(N)=O)c2-c2ccc(Oc3ccccc3)cc2)C1. The number of carbonyl (C=O) groups excluding carboxylic acids is 1. The first kappa shape index (κ1) is 21.6. The first-order valence-corrected chi connectivity index (χ1v) is 10.5. The average molecular weight is 434 g/mol. The minimum atomic E-state index is -0.737. The number of anilines is 1. The summed E-state index contributed by atoms with van der Waals surface area (Å²) in [5, 5.41) is 14.7. The molecule has 1 saturated heterocycles. The van der Waals surface area contributed by atoms with Crippen LogP contribution in [0.4, 0.5) is 5.82 Å². The lowest BCUT2D eigenvalue weighted by Gasteiger charge is -2.35. The van der Waals surface area contributed by atoms with Crippen LogP contribution in [0, 0.1) is 0 Å². The second-order valence-electron chi connectivity index (χ2n) is 7.80. The first-order valence-electron chi connectivity index (χ1n) is 10.5. The monoisotopic (exact) mass is 433 g/mol. The maximum Gasteiger partial charge on any atom is 0.254 e. The zero-order chi connectivity index (χ0) is 22.7. The van der Waals surface area contributed by atoms with E-state index in [2.05, 4.69) is 11.7 Å². The van der Waals surface area contributed by atoms with Crippen molar-refractivity contribution in [1.82, 2.24) is 14.7 Å². The molecule has 0 saturated carbocycles. The van der Waals surface area contributed by atoms with E-state index < -0.39 is 12.1 Å². The van der Waals surface area contributed by atoms with Crippen LogP contribution >= 0.6 is 0 Å². The highest BCUT2D eigenvalue weighted by Crippen LogP contribution is 2.35. The molecule has 8 nitrogen and oxygen atoms in total. The highest BCUT2D eigenvalue weighted by molar-refractivity contribution is 6.03. The third-order valence-corrected chi connectivity index (χ3v) is 5.65. The Labute approximate surface area is 186 Å². The summed E-state index contributed by atoms with van der Waals surface area (Å²) in [7, 11) is 0. The van der Waals surface area contributed by atoms with Gasteiger partial charge in [-0.25, -0.2) is 0 Å². The third-order valence-electron chi connectivity index (χ3n) is 5.65. The number of nitrogens with two attached hydrogens (primary N) is 2. The Kier molecular flexibility index (Phi) is 6.25. The van der Waals surface area contributed by atoms with E-state index in [1.165, 1.54) is 6.08 Å². The van der Waals surface area contributed by atoms with Crippen LogP contribution in [0.25, 0.3) is 11.3 Å². The van der Waals surface area contributed by atoms with E-state index in [-0.39, 0.29) is 17.4 Å². The van der Waals surface area contributed by atoms with Gasteiger partial charge in [0.2, 0.25) is 0 Å². The molecule has 2 aromatic carbocycles. The molecule has 1 aliphatic rings. The number of likely N-dealkylation sites (tertiary alicyclic amines) is 1. The van der Waals surface area contributed by atoms with E-state index in [1.807, 2.05) is 59.5 Å². The number of rotatable bonds is 7. The maximum absolute atomic E-state index is 12.2. The molecule has 1 aliphatic heterocycles. The topological polar surface area (TPSA) is 120 Å². The zero-order valence-electron chi connectivity index (χ0n) is 17.7. The van der Waals surface area contributed by atoms with Crippen molar-refractivity contribution in [3.63, 3.8) is 0 Å². The van der Waals surface area contributed by atoms with Gasteiger partial charge in [-0.15, -0.1) is 0 Å². The minimum absolute atomic E-state index is 0.0796. The zero-order valence-corrected chi connectivity index (χ0v) is 17.7. The predicted octanol–water partition coefficient (Wildman–Crippen LogP) is 3.16. The number of nitrogens with zero attached hydrogens (tertiary/aromatic N) is 3. The van der Waals surface area contributed by atoms with Crippen molar-refractivity contribution in [3.8, 4) is 22.8 Å². The number of ether oxygens (including phenoxy) is 1. The quantitative estimate of drug-likeness (QED) is 0.492. The number of para-hydroxylation sites is 1. The van der Waals surface area contributed by atoms with Crippen molar-refractivity contribution in [2.24, 2.45) is 5.73 Å². The lowest BCUT2D eigenvalue weighted by Crippen LogP contribution is -2.42. The fourth-order valence-electron chi connectivity index (χ4n) is 4.11. The van der Waals surface area contributed by atoms with Gasteiger partial charge in [0.1, 0.15) is 23.3 Å². The minimum Gasteiger partial charge on any atom is -0.457 e. The Morgan fingerprint density at radius 3 is 2.53 bits per heavy atom. The van der Waals surface area contributed by atoms with Gasteiger partial charge in [0, 0.05) is 18.7 Å². The molecule has 3 aromatic rings. The highest BCUT2D eigenvalue weighted by Gasteiger charge is 2.30. The standard InChI is InChI=1S/C24H27N5O3/c1-2-20(30)28-14-6-7-17(15-28)29-22(21(24(26)31)23(25)27-29)16-10-12-19(13-11-16)32-18-8-4-3-5-9-18/h2-5,8-13,17,20,30H,1,6-7,14-15H2,(H2,25,27)(H2,26,31)/t17-,20?/m1/s1. The van der Waals surface area contributed by atoms with Gasteiger partial charge in [0.15, 0.2) is 5.82 Å². The molecular formula is C24H27N5O3. The molecular weight excluding hydrogens is 406 g/mol. The highest BCUT2D eigenvalue weighted by atomic mass is 16.5. The van der Waals surface area contributed by atoms with Crippen LogP contribution in [0.2, 0.25) is 0 Å². The summed E-state index contributed by atoms with van der Waals surface area (Å²) >= 11 is 0. The van der Waals surface area contributed by atoms with Crippen molar-refractivity contribution in [2.45, 2.75) is 25.1 Å². The summed E-state index contributed by atoms with van der Waals surface area (Å²) in [6.45, 7) is 4.98. The van der Waals surface area contributed by atoms with Crippen LogP contribution in [0.15, 0.2) is 67.3 Å². The Hall–Kier alpha value is -3.62. The predicted molar refractivity (Wildman–Crippen MR) is 123 cm³/mol. The Morgan fingerprint density at radius 1 is 1.19 bits per heavy atom. The first-order chi connectivity index (χ1) is 15.5. The number of amides is 1. The number of hydrogen-bond acceptors (Lipinski definition) is 6. The van der Waals surface area contributed by atoms with E-state index in [0.717, 1.165) is 30.7 Å². The lowest BCUT2D eigenvalue weighted by atomic mass is 10.0. The molecule has 1 unspecified atom stereocenters.